The van der Waals surface area contributed by atoms with Crippen molar-refractivity contribution in [2.24, 2.45) is 16.7 Å². The average Bonchev–Trinajstić information content (AvgIpc) is 2.79. The van der Waals surface area contributed by atoms with E-state index in [0.717, 1.165) is 12.8 Å². The Kier molecular flexibility index (Phi) is 5.75. The summed E-state index contributed by atoms with van der Waals surface area (Å²) in [6.07, 6.45) is 0.144. The first-order valence-corrected chi connectivity index (χ1v) is 10.1. The van der Waals surface area contributed by atoms with E-state index in [9.17, 15) is 20.4 Å². The minimum atomic E-state index is -1.28. The van der Waals surface area contributed by atoms with Crippen LogP contribution in [0.3, 0.4) is 0 Å². The molecule has 0 aromatic rings. The molecular formula is C20H37NO5. The lowest BCUT2D eigenvalue weighted by atomic mass is 9.68. The van der Waals surface area contributed by atoms with Crippen molar-refractivity contribution in [3.05, 3.63) is 0 Å². The van der Waals surface area contributed by atoms with Crippen molar-refractivity contribution in [2.75, 3.05) is 6.61 Å². The van der Waals surface area contributed by atoms with Crippen molar-refractivity contribution < 1.29 is 25.2 Å². The first-order valence-electron chi connectivity index (χ1n) is 10.1. The largest absolute Gasteiger partial charge is 0.394 e. The van der Waals surface area contributed by atoms with Crippen LogP contribution in [0.4, 0.5) is 0 Å². The fraction of sp³-hybridized carbons (Fsp3) is 1.00. The predicted molar refractivity (Wildman–Crippen MR) is 98.6 cm³/mol. The molecule has 3 fully saturated rings. The monoisotopic (exact) mass is 371 g/mol. The van der Waals surface area contributed by atoms with Crippen LogP contribution in [0.15, 0.2) is 0 Å². The van der Waals surface area contributed by atoms with Crippen LogP contribution in [-0.4, -0.2) is 69.6 Å². The van der Waals surface area contributed by atoms with E-state index in [0.29, 0.717) is 29.8 Å². The van der Waals surface area contributed by atoms with E-state index >= 15 is 0 Å². The van der Waals surface area contributed by atoms with Gasteiger partial charge in [0.05, 0.1) is 12.7 Å². The summed E-state index contributed by atoms with van der Waals surface area (Å²) in [4.78, 5) is 0. The van der Waals surface area contributed by atoms with Crippen LogP contribution < -0.4 is 5.32 Å². The maximum absolute atomic E-state index is 10.3. The lowest BCUT2D eigenvalue weighted by Gasteiger charge is -2.44. The Morgan fingerprint density at radius 1 is 0.885 bits per heavy atom. The lowest BCUT2D eigenvalue weighted by Crippen LogP contribution is -2.59. The van der Waals surface area contributed by atoms with Gasteiger partial charge in [0.15, 0.2) is 0 Å². The second kappa shape index (κ2) is 7.30. The Bertz CT molecular complexity index is 487. The van der Waals surface area contributed by atoms with Gasteiger partial charge in [0.1, 0.15) is 24.4 Å². The molecule has 2 aliphatic carbocycles. The highest BCUT2D eigenvalue weighted by Gasteiger charge is 2.48. The molecule has 0 aromatic carbocycles. The van der Waals surface area contributed by atoms with Gasteiger partial charge in [-0.3, -0.25) is 0 Å². The molecule has 1 heterocycles. The number of nitrogens with one attached hydrogen (secondary N) is 1. The predicted octanol–water partition coefficient (Wildman–Crippen LogP) is 0.802. The summed E-state index contributed by atoms with van der Waals surface area (Å²) < 4.78 is 5.73. The summed E-state index contributed by atoms with van der Waals surface area (Å²) in [5.41, 5.74) is 0.581. The van der Waals surface area contributed by atoms with Crippen molar-refractivity contribution in [1.82, 2.24) is 5.32 Å². The molecule has 5 N–H and O–H groups in total. The number of aliphatic hydroxyl groups excluding tert-OH is 4. The molecule has 0 bridgehead atoms. The van der Waals surface area contributed by atoms with Gasteiger partial charge in [-0.2, -0.15) is 0 Å². The van der Waals surface area contributed by atoms with Gasteiger partial charge in [-0.25, -0.2) is 0 Å². The van der Waals surface area contributed by atoms with E-state index in [2.05, 4.69) is 33.0 Å². The molecule has 1 saturated heterocycles. The zero-order chi connectivity index (χ0) is 19.3. The highest BCUT2D eigenvalue weighted by Crippen LogP contribution is 2.48. The fourth-order valence-corrected chi connectivity index (χ4v) is 5.47. The molecule has 0 radical (unpaired) electrons. The third-order valence-electron chi connectivity index (χ3n) is 7.02. The SMILES string of the molecule is CC1(C)CC(NC2CC(CC3O[C@H](CO)[C@H](O)[C@H](O)[C@H]3O)C(C)(C)C2)C1. The smallest absolute Gasteiger partial charge is 0.111 e. The number of hydrogen-bond donors (Lipinski definition) is 5. The summed E-state index contributed by atoms with van der Waals surface area (Å²) >= 11 is 0. The van der Waals surface area contributed by atoms with Crippen molar-refractivity contribution in [1.29, 1.82) is 0 Å². The van der Waals surface area contributed by atoms with Crippen LogP contribution >= 0.6 is 0 Å². The van der Waals surface area contributed by atoms with Crippen molar-refractivity contribution in [3.63, 3.8) is 0 Å². The van der Waals surface area contributed by atoms with Gasteiger partial charge in [0.25, 0.3) is 0 Å². The third-order valence-corrected chi connectivity index (χ3v) is 7.02. The third kappa shape index (κ3) is 4.10. The van der Waals surface area contributed by atoms with Crippen LogP contribution in [0, 0.1) is 16.7 Å². The van der Waals surface area contributed by atoms with Crippen LogP contribution in [-0.2, 0) is 4.74 Å². The zero-order valence-corrected chi connectivity index (χ0v) is 16.6. The van der Waals surface area contributed by atoms with E-state index in [-0.39, 0.29) is 12.0 Å². The van der Waals surface area contributed by atoms with E-state index < -0.39 is 30.5 Å². The number of aliphatic hydroxyl groups is 4. The van der Waals surface area contributed by atoms with Crippen molar-refractivity contribution in [2.45, 2.75) is 102 Å². The fourth-order valence-electron chi connectivity index (χ4n) is 5.47. The number of ether oxygens (including phenoxy) is 1. The standard InChI is InChI=1S/C20H37NO5/c1-19(2)7-13(8-19)21-12-5-11(20(3,4)9-12)6-14-16(23)18(25)17(24)15(10-22)26-14/h11-18,21-25H,5-10H2,1-4H3/t11?,12?,14?,15-,16+,17+,18-/m1/s1. The minimum Gasteiger partial charge on any atom is -0.394 e. The van der Waals surface area contributed by atoms with Gasteiger partial charge < -0.3 is 30.5 Å². The quantitative estimate of drug-likeness (QED) is 0.490. The van der Waals surface area contributed by atoms with E-state index in [1.165, 1.54) is 12.8 Å². The van der Waals surface area contributed by atoms with E-state index in [1.807, 2.05) is 0 Å². The van der Waals surface area contributed by atoms with Crippen molar-refractivity contribution >= 4 is 0 Å². The summed E-state index contributed by atoms with van der Waals surface area (Å²) in [7, 11) is 0. The van der Waals surface area contributed by atoms with Crippen LogP contribution in [0.25, 0.3) is 0 Å². The summed E-state index contributed by atoms with van der Waals surface area (Å²) in [6, 6.07) is 1.08. The van der Waals surface area contributed by atoms with Gasteiger partial charge in [0.2, 0.25) is 0 Å². The molecule has 152 valence electrons. The molecule has 7 atom stereocenters. The molecule has 3 rings (SSSR count). The van der Waals surface area contributed by atoms with E-state index in [4.69, 9.17) is 4.74 Å². The molecular weight excluding hydrogens is 334 g/mol. The van der Waals surface area contributed by atoms with E-state index in [1.54, 1.807) is 0 Å². The topological polar surface area (TPSA) is 102 Å². The zero-order valence-electron chi connectivity index (χ0n) is 16.6. The van der Waals surface area contributed by atoms with Crippen LogP contribution in [0.2, 0.25) is 0 Å². The Morgan fingerprint density at radius 3 is 2.08 bits per heavy atom. The average molecular weight is 372 g/mol. The second-order valence-electron chi connectivity index (χ2n) is 10.4. The molecule has 6 nitrogen and oxygen atoms in total. The molecule has 1 aliphatic heterocycles. The van der Waals surface area contributed by atoms with Crippen LogP contribution in [0.5, 0.6) is 0 Å². The number of rotatable bonds is 5. The molecule has 0 spiro atoms. The van der Waals surface area contributed by atoms with Gasteiger partial charge >= 0.3 is 0 Å². The normalized spacial score (nSPS) is 45.5. The number of hydrogen-bond acceptors (Lipinski definition) is 6. The second-order valence-corrected chi connectivity index (χ2v) is 10.4. The van der Waals surface area contributed by atoms with Gasteiger partial charge in [0, 0.05) is 12.1 Å². The van der Waals surface area contributed by atoms with Gasteiger partial charge in [-0.05, 0) is 48.9 Å². The molecule has 6 heteroatoms. The Labute approximate surface area is 156 Å². The first-order chi connectivity index (χ1) is 12.0. The maximum Gasteiger partial charge on any atom is 0.111 e. The Morgan fingerprint density at radius 2 is 1.50 bits per heavy atom. The first kappa shape index (κ1) is 20.5. The molecule has 0 amide bonds. The molecule has 26 heavy (non-hydrogen) atoms. The van der Waals surface area contributed by atoms with Gasteiger partial charge in [-0.1, -0.05) is 27.7 Å². The highest BCUT2D eigenvalue weighted by molar-refractivity contribution is 5.01. The summed E-state index contributed by atoms with van der Waals surface area (Å²) in [5.74, 6) is 0.356. The summed E-state index contributed by atoms with van der Waals surface area (Å²) in [6.45, 7) is 8.77. The van der Waals surface area contributed by atoms with Crippen LogP contribution in [0.1, 0.15) is 59.8 Å². The maximum atomic E-state index is 10.3. The molecule has 3 aliphatic rings. The van der Waals surface area contributed by atoms with Gasteiger partial charge in [-0.15, -0.1) is 0 Å². The molecule has 2 saturated carbocycles. The highest BCUT2D eigenvalue weighted by atomic mass is 16.5. The molecule has 0 aromatic heterocycles. The Hall–Kier alpha value is -0.240. The molecule has 3 unspecified atom stereocenters. The summed E-state index contributed by atoms with van der Waals surface area (Å²) in [5, 5.41) is 43.5. The lowest BCUT2D eigenvalue weighted by molar-refractivity contribution is -0.233. The Balaban J connectivity index is 1.58. The minimum absolute atomic E-state index is 0.121. The van der Waals surface area contributed by atoms with Crippen molar-refractivity contribution in [3.8, 4) is 0 Å².